The first kappa shape index (κ1) is 24.6. The van der Waals surface area contributed by atoms with Crippen LogP contribution in [0.15, 0.2) is 64.7 Å². The van der Waals surface area contributed by atoms with Gasteiger partial charge in [-0.15, -0.1) is 0 Å². The van der Waals surface area contributed by atoms with Crippen molar-refractivity contribution in [2.75, 3.05) is 33.7 Å². The highest BCUT2D eigenvalue weighted by molar-refractivity contribution is 6.14. The van der Waals surface area contributed by atoms with E-state index < -0.39 is 23.6 Å². The molecule has 0 fully saturated rings. The number of rotatable bonds is 5. The van der Waals surface area contributed by atoms with Crippen molar-refractivity contribution < 1.29 is 18.7 Å². The average Bonchev–Trinajstić information content (AvgIpc) is 3.31. The normalized spacial score (nSPS) is 17.3. The van der Waals surface area contributed by atoms with E-state index in [-0.39, 0.29) is 12.5 Å². The summed E-state index contributed by atoms with van der Waals surface area (Å²) in [6.07, 6.45) is -0.833. The van der Waals surface area contributed by atoms with Gasteiger partial charge in [-0.25, -0.2) is 9.18 Å². The van der Waals surface area contributed by atoms with Crippen LogP contribution in [0.4, 0.5) is 9.18 Å². The number of amides is 2. The predicted octanol–water partition coefficient (Wildman–Crippen LogP) is 4.11. The number of nitrogens with one attached hydrogen (secondary N) is 1. The number of amidine groups is 1. The minimum absolute atomic E-state index is 0.284. The fourth-order valence-corrected chi connectivity index (χ4v) is 4.60. The summed E-state index contributed by atoms with van der Waals surface area (Å²) >= 11 is 0. The smallest absolute Gasteiger partial charge is 0.411 e. The number of carbonyl (C=O) groups excluding carboxylic acids is 2. The number of aryl methyl sites for hydroxylation is 1. The van der Waals surface area contributed by atoms with Crippen LogP contribution < -0.4 is 5.32 Å². The Morgan fingerprint density at radius 3 is 2.51 bits per heavy atom. The monoisotopic (exact) mass is 478 g/mol. The van der Waals surface area contributed by atoms with Gasteiger partial charge in [0, 0.05) is 17.7 Å². The first-order chi connectivity index (χ1) is 16.6. The third kappa shape index (κ3) is 4.98. The molecule has 2 amide bonds. The molecule has 0 spiro atoms. The summed E-state index contributed by atoms with van der Waals surface area (Å²) in [7, 11) is 3.89. The summed E-state index contributed by atoms with van der Waals surface area (Å²) in [5, 5.41) is 2.83. The number of hydrogen-bond acceptors (Lipinski definition) is 5. The van der Waals surface area contributed by atoms with E-state index in [1.807, 2.05) is 64.0 Å². The SMILES string of the molecule is Cc1ccccc1C(CN(C)C)OC(=O)N1CC2=C(CN=C2NC(=O)c2ccc(F)cc2)C1(C)C. The van der Waals surface area contributed by atoms with E-state index in [9.17, 15) is 14.0 Å². The molecule has 2 aromatic carbocycles. The molecule has 0 aromatic heterocycles. The minimum Gasteiger partial charge on any atom is -0.440 e. The van der Waals surface area contributed by atoms with Crippen molar-refractivity contribution in [1.29, 1.82) is 0 Å². The zero-order valence-corrected chi connectivity index (χ0v) is 20.8. The molecule has 1 atom stereocenters. The lowest BCUT2D eigenvalue weighted by molar-refractivity contribution is 0.0381. The molecule has 0 radical (unpaired) electrons. The van der Waals surface area contributed by atoms with E-state index in [0.29, 0.717) is 24.5 Å². The maximum absolute atomic E-state index is 13.4. The van der Waals surface area contributed by atoms with E-state index in [0.717, 1.165) is 22.3 Å². The number of hydrogen-bond donors (Lipinski definition) is 1. The predicted molar refractivity (Wildman–Crippen MR) is 133 cm³/mol. The molecule has 184 valence electrons. The molecule has 2 aliphatic rings. The van der Waals surface area contributed by atoms with E-state index in [1.165, 1.54) is 24.3 Å². The van der Waals surface area contributed by atoms with Gasteiger partial charge in [-0.2, -0.15) is 0 Å². The Bertz CT molecular complexity index is 1200. The topological polar surface area (TPSA) is 74.2 Å². The second-order valence-electron chi connectivity index (χ2n) is 9.72. The van der Waals surface area contributed by atoms with Crippen LogP contribution in [-0.4, -0.2) is 66.9 Å². The van der Waals surface area contributed by atoms with Gasteiger partial charge >= 0.3 is 6.09 Å². The number of ether oxygens (including phenoxy) is 1. The minimum atomic E-state index is -0.618. The summed E-state index contributed by atoms with van der Waals surface area (Å²) < 4.78 is 19.3. The van der Waals surface area contributed by atoms with Gasteiger partial charge < -0.3 is 15.0 Å². The molecule has 35 heavy (non-hydrogen) atoms. The van der Waals surface area contributed by atoms with Crippen LogP contribution in [0.3, 0.4) is 0 Å². The van der Waals surface area contributed by atoms with Crippen molar-refractivity contribution in [3.05, 3.63) is 82.2 Å². The van der Waals surface area contributed by atoms with Gasteiger partial charge in [-0.3, -0.25) is 14.7 Å². The van der Waals surface area contributed by atoms with Crippen molar-refractivity contribution in [1.82, 2.24) is 15.1 Å². The molecule has 7 nitrogen and oxygen atoms in total. The number of nitrogens with zero attached hydrogens (tertiary/aromatic N) is 3. The average molecular weight is 479 g/mol. The number of likely N-dealkylation sites (N-methyl/N-ethyl adjacent to an activating group) is 1. The lowest BCUT2D eigenvalue weighted by atomic mass is 9.94. The summed E-state index contributed by atoms with van der Waals surface area (Å²) in [6, 6.07) is 13.2. The first-order valence-electron chi connectivity index (χ1n) is 11.6. The van der Waals surface area contributed by atoms with E-state index >= 15 is 0 Å². The Balaban J connectivity index is 1.50. The lowest BCUT2D eigenvalue weighted by Gasteiger charge is -2.35. The van der Waals surface area contributed by atoms with Gasteiger partial charge in [0.15, 0.2) is 0 Å². The first-order valence-corrected chi connectivity index (χ1v) is 11.6. The fourth-order valence-electron chi connectivity index (χ4n) is 4.60. The van der Waals surface area contributed by atoms with Gasteiger partial charge in [0.25, 0.3) is 5.91 Å². The van der Waals surface area contributed by atoms with Crippen molar-refractivity contribution in [2.45, 2.75) is 32.4 Å². The number of aliphatic imine (C=N–C) groups is 1. The van der Waals surface area contributed by atoms with Crippen LogP contribution in [-0.2, 0) is 4.74 Å². The maximum atomic E-state index is 13.4. The van der Waals surface area contributed by atoms with Crippen LogP contribution in [0.5, 0.6) is 0 Å². The van der Waals surface area contributed by atoms with Gasteiger partial charge in [0.05, 0.1) is 18.6 Å². The molecular weight excluding hydrogens is 447 g/mol. The Labute approximate surface area is 205 Å². The molecule has 0 bridgehead atoms. The second-order valence-corrected chi connectivity index (χ2v) is 9.72. The molecule has 1 N–H and O–H groups in total. The fraction of sp³-hybridized carbons (Fsp3) is 0.370. The van der Waals surface area contributed by atoms with Crippen molar-refractivity contribution >= 4 is 17.8 Å². The summed E-state index contributed by atoms with van der Waals surface area (Å²) in [5.41, 5.74) is 3.55. The molecule has 2 heterocycles. The number of carbonyl (C=O) groups is 2. The van der Waals surface area contributed by atoms with Gasteiger partial charge in [-0.05, 0) is 75.8 Å². The number of halogens is 1. The quantitative estimate of drug-likeness (QED) is 0.702. The van der Waals surface area contributed by atoms with E-state index in [2.05, 4.69) is 10.3 Å². The third-order valence-corrected chi connectivity index (χ3v) is 6.64. The van der Waals surface area contributed by atoms with E-state index in [4.69, 9.17) is 4.74 Å². The molecule has 8 heteroatoms. The van der Waals surface area contributed by atoms with Crippen LogP contribution >= 0.6 is 0 Å². The van der Waals surface area contributed by atoms with Crippen molar-refractivity contribution in [2.24, 2.45) is 4.99 Å². The van der Waals surface area contributed by atoms with Crippen LogP contribution in [0, 0.1) is 12.7 Å². The molecule has 0 saturated heterocycles. The van der Waals surface area contributed by atoms with Crippen molar-refractivity contribution in [3.63, 3.8) is 0 Å². The largest absolute Gasteiger partial charge is 0.440 e. The molecule has 0 saturated carbocycles. The highest BCUT2D eigenvalue weighted by Gasteiger charge is 2.46. The van der Waals surface area contributed by atoms with Crippen molar-refractivity contribution in [3.8, 4) is 0 Å². The van der Waals surface area contributed by atoms with Crippen LogP contribution in [0.2, 0.25) is 0 Å². The van der Waals surface area contributed by atoms with E-state index in [1.54, 1.807) is 4.90 Å². The molecule has 2 aliphatic heterocycles. The Hall–Kier alpha value is -3.52. The van der Waals surface area contributed by atoms with Gasteiger partial charge in [0.1, 0.15) is 17.8 Å². The van der Waals surface area contributed by atoms with Gasteiger partial charge in [0.2, 0.25) is 0 Å². The summed E-state index contributed by atoms with van der Waals surface area (Å²) in [6.45, 7) is 7.17. The van der Waals surface area contributed by atoms with Crippen LogP contribution in [0.1, 0.15) is 41.4 Å². The Morgan fingerprint density at radius 2 is 1.86 bits per heavy atom. The Morgan fingerprint density at radius 1 is 1.17 bits per heavy atom. The highest BCUT2D eigenvalue weighted by atomic mass is 19.1. The lowest BCUT2D eigenvalue weighted by Crippen LogP contribution is -2.47. The van der Waals surface area contributed by atoms with Gasteiger partial charge in [-0.1, -0.05) is 24.3 Å². The summed E-state index contributed by atoms with van der Waals surface area (Å²) in [4.78, 5) is 34.3. The van der Waals surface area contributed by atoms with Crippen LogP contribution in [0.25, 0.3) is 0 Å². The molecular formula is C27H31FN4O3. The zero-order valence-electron chi connectivity index (χ0n) is 20.8. The second kappa shape index (κ2) is 9.62. The number of benzene rings is 2. The third-order valence-electron chi connectivity index (χ3n) is 6.64. The standard InChI is InChI=1S/C27H31FN4O3/c1-17-8-6-7-9-20(17)23(16-31(4)5)35-26(34)32-15-21-22(27(32,2)3)14-29-24(21)30-25(33)18-10-12-19(28)13-11-18/h6-13,23H,14-16H2,1-5H3,(H,29,30,33). The Kier molecular flexibility index (Phi) is 6.76. The summed E-state index contributed by atoms with van der Waals surface area (Å²) in [5.74, 6) is -0.335. The molecule has 4 rings (SSSR count). The molecule has 1 unspecified atom stereocenters. The highest BCUT2D eigenvalue weighted by Crippen LogP contribution is 2.39. The zero-order chi connectivity index (χ0) is 25.3. The molecule has 2 aromatic rings. The molecule has 0 aliphatic carbocycles. The maximum Gasteiger partial charge on any atom is 0.411 e.